The number of nitrogens with two attached hydrogens (primary N) is 3. The van der Waals surface area contributed by atoms with Crippen LogP contribution < -0.4 is 22.8 Å². The zero-order valence-corrected chi connectivity index (χ0v) is 16.2. The fourth-order valence-corrected chi connectivity index (χ4v) is 2.81. The molecule has 2 aromatic heterocycles. The molecule has 2 heterocycles. The highest BCUT2D eigenvalue weighted by Gasteiger charge is 2.11. The van der Waals surface area contributed by atoms with E-state index in [4.69, 9.17) is 28.8 Å². The standard InChI is InChI=1S/C13H16ClN3O.C5H6N4O/c1-2-11-16-10-6-3-5-9(14)12(10)13(18)17(11)8-4-7-15;6-4-3(5(7)10)8-1-2-9-4/h3,5-6H,2,4,7-8,15H2,1H3;1-2H,(H2,6,9)(H2,7,10). The van der Waals surface area contributed by atoms with E-state index in [0.717, 1.165) is 12.2 Å². The van der Waals surface area contributed by atoms with E-state index in [-0.39, 0.29) is 17.1 Å². The molecule has 0 unspecified atom stereocenters. The van der Waals surface area contributed by atoms with Gasteiger partial charge in [0.15, 0.2) is 11.5 Å². The number of anilines is 1. The molecule has 10 heteroatoms. The molecular weight excluding hydrogens is 382 g/mol. The number of aryl methyl sites for hydroxylation is 1. The third-order valence-corrected chi connectivity index (χ3v) is 4.19. The minimum absolute atomic E-state index is 0.0162. The first-order valence-corrected chi connectivity index (χ1v) is 9.02. The number of carbonyl (C=O) groups excluding carboxylic acids is 1. The van der Waals surface area contributed by atoms with Gasteiger partial charge < -0.3 is 17.2 Å². The number of primary amides is 1. The van der Waals surface area contributed by atoms with Gasteiger partial charge in [-0.15, -0.1) is 0 Å². The second-order valence-electron chi connectivity index (χ2n) is 5.77. The van der Waals surface area contributed by atoms with Crippen LogP contribution in [0.25, 0.3) is 10.9 Å². The summed E-state index contributed by atoms with van der Waals surface area (Å²) in [6.07, 6.45) is 4.21. The molecule has 9 nitrogen and oxygen atoms in total. The fourth-order valence-electron chi connectivity index (χ4n) is 2.56. The molecule has 0 aliphatic carbocycles. The first kappa shape index (κ1) is 21.3. The third-order valence-electron chi connectivity index (χ3n) is 3.87. The molecule has 0 bridgehead atoms. The molecule has 0 atom stereocenters. The summed E-state index contributed by atoms with van der Waals surface area (Å²) in [4.78, 5) is 34.6. The Morgan fingerprint density at radius 1 is 1.25 bits per heavy atom. The Morgan fingerprint density at radius 3 is 2.54 bits per heavy atom. The normalized spacial score (nSPS) is 10.4. The van der Waals surface area contributed by atoms with E-state index in [1.54, 1.807) is 16.7 Å². The average molecular weight is 404 g/mol. The van der Waals surface area contributed by atoms with Crippen LogP contribution in [0.4, 0.5) is 5.82 Å². The van der Waals surface area contributed by atoms with Crippen molar-refractivity contribution in [1.29, 1.82) is 0 Å². The number of benzene rings is 1. The van der Waals surface area contributed by atoms with Gasteiger partial charge in [-0.3, -0.25) is 14.2 Å². The molecule has 0 radical (unpaired) electrons. The van der Waals surface area contributed by atoms with Gasteiger partial charge in [0, 0.05) is 25.4 Å². The van der Waals surface area contributed by atoms with Crippen molar-refractivity contribution in [3.05, 3.63) is 57.5 Å². The molecule has 28 heavy (non-hydrogen) atoms. The Morgan fingerprint density at radius 2 is 1.96 bits per heavy atom. The van der Waals surface area contributed by atoms with Crippen molar-refractivity contribution in [2.24, 2.45) is 11.5 Å². The minimum atomic E-state index is -0.661. The highest BCUT2D eigenvalue weighted by Crippen LogP contribution is 2.18. The van der Waals surface area contributed by atoms with Gasteiger partial charge in [0.1, 0.15) is 5.82 Å². The summed E-state index contributed by atoms with van der Waals surface area (Å²) in [5, 5.41) is 0.947. The van der Waals surface area contributed by atoms with Crippen molar-refractivity contribution in [3.8, 4) is 0 Å². The molecule has 0 aliphatic rings. The van der Waals surface area contributed by atoms with Crippen molar-refractivity contribution >= 4 is 34.2 Å². The van der Waals surface area contributed by atoms with Crippen LogP contribution in [0.3, 0.4) is 0 Å². The number of fused-ring (bicyclic) bond motifs is 1. The van der Waals surface area contributed by atoms with Gasteiger partial charge in [-0.2, -0.15) is 0 Å². The number of hydrogen-bond acceptors (Lipinski definition) is 7. The maximum atomic E-state index is 12.4. The number of carbonyl (C=O) groups is 1. The van der Waals surface area contributed by atoms with E-state index in [1.165, 1.54) is 12.4 Å². The van der Waals surface area contributed by atoms with Crippen molar-refractivity contribution in [2.45, 2.75) is 26.3 Å². The maximum absolute atomic E-state index is 12.4. The predicted molar refractivity (Wildman–Crippen MR) is 109 cm³/mol. The Kier molecular flexibility index (Phi) is 7.42. The summed E-state index contributed by atoms with van der Waals surface area (Å²) in [6, 6.07) is 5.33. The molecule has 1 aromatic carbocycles. The van der Waals surface area contributed by atoms with Crippen molar-refractivity contribution < 1.29 is 4.79 Å². The summed E-state index contributed by atoms with van der Waals surface area (Å²) >= 11 is 6.09. The van der Waals surface area contributed by atoms with Gasteiger partial charge in [-0.1, -0.05) is 24.6 Å². The first-order valence-electron chi connectivity index (χ1n) is 8.65. The first-order chi connectivity index (χ1) is 13.4. The van der Waals surface area contributed by atoms with Crippen LogP contribution in [0.5, 0.6) is 0 Å². The highest BCUT2D eigenvalue weighted by molar-refractivity contribution is 6.35. The molecule has 3 aromatic rings. The molecular formula is C18H22ClN7O2. The fraction of sp³-hybridized carbons (Fsp3) is 0.278. The van der Waals surface area contributed by atoms with Crippen LogP contribution in [-0.4, -0.2) is 32.0 Å². The minimum Gasteiger partial charge on any atom is -0.382 e. The topological polar surface area (TPSA) is 156 Å². The molecule has 1 amide bonds. The third kappa shape index (κ3) is 4.81. The van der Waals surface area contributed by atoms with E-state index in [9.17, 15) is 9.59 Å². The van der Waals surface area contributed by atoms with E-state index >= 15 is 0 Å². The van der Waals surface area contributed by atoms with Gasteiger partial charge >= 0.3 is 0 Å². The Labute approximate surface area is 166 Å². The summed E-state index contributed by atoms with van der Waals surface area (Å²) in [7, 11) is 0. The van der Waals surface area contributed by atoms with Crippen LogP contribution >= 0.6 is 11.6 Å². The number of halogens is 1. The number of aromatic nitrogens is 4. The number of rotatable bonds is 5. The van der Waals surface area contributed by atoms with Crippen molar-refractivity contribution in [2.75, 3.05) is 12.3 Å². The van der Waals surface area contributed by atoms with E-state index in [2.05, 4.69) is 15.0 Å². The largest absolute Gasteiger partial charge is 0.382 e. The second kappa shape index (κ2) is 9.77. The van der Waals surface area contributed by atoms with Gasteiger partial charge in [-0.05, 0) is 25.1 Å². The second-order valence-corrected chi connectivity index (χ2v) is 6.18. The van der Waals surface area contributed by atoms with E-state index in [1.807, 2.05) is 13.0 Å². The Hall–Kier alpha value is -3.04. The molecule has 0 fully saturated rings. The van der Waals surface area contributed by atoms with Crippen molar-refractivity contribution in [1.82, 2.24) is 19.5 Å². The zero-order valence-electron chi connectivity index (χ0n) is 15.4. The maximum Gasteiger partial charge on any atom is 0.271 e. The van der Waals surface area contributed by atoms with Gasteiger partial charge in [0.05, 0.1) is 15.9 Å². The lowest BCUT2D eigenvalue weighted by Gasteiger charge is -2.12. The van der Waals surface area contributed by atoms with Crippen LogP contribution in [0, 0.1) is 0 Å². The van der Waals surface area contributed by atoms with E-state index in [0.29, 0.717) is 35.4 Å². The van der Waals surface area contributed by atoms with Crippen LogP contribution in [0.1, 0.15) is 29.7 Å². The summed E-state index contributed by atoms with van der Waals surface area (Å²) in [5.41, 5.74) is 16.2. The molecule has 3 rings (SSSR count). The predicted octanol–water partition coefficient (Wildman–Crippen LogP) is 1.12. The van der Waals surface area contributed by atoms with Crippen LogP contribution in [0.2, 0.25) is 5.02 Å². The molecule has 0 saturated heterocycles. The molecule has 148 valence electrons. The average Bonchev–Trinajstić information content (AvgIpc) is 2.67. The van der Waals surface area contributed by atoms with Crippen LogP contribution in [-0.2, 0) is 13.0 Å². The number of hydrogen-bond donors (Lipinski definition) is 3. The van der Waals surface area contributed by atoms with E-state index < -0.39 is 5.91 Å². The summed E-state index contributed by atoms with van der Waals surface area (Å²) in [5.74, 6) is 0.184. The lowest BCUT2D eigenvalue weighted by atomic mass is 10.2. The number of nitrogen functional groups attached to an aromatic ring is 1. The number of amides is 1. The Bertz CT molecular complexity index is 1040. The lowest BCUT2D eigenvalue weighted by molar-refractivity contribution is 0.0996. The highest BCUT2D eigenvalue weighted by atomic mass is 35.5. The summed E-state index contributed by atoms with van der Waals surface area (Å²) in [6.45, 7) is 3.12. The molecule has 0 aliphatic heterocycles. The van der Waals surface area contributed by atoms with Gasteiger partial charge in [0.25, 0.3) is 11.5 Å². The number of nitrogens with zero attached hydrogens (tertiary/aromatic N) is 4. The molecule has 0 spiro atoms. The van der Waals surface area contributed by atoms with Gasteiger partial charge in [0.2, 0.25) is 0 Å². The van der Waals surface area contributed by atoms with Gasteiger partial charge in [-0.25, -0.2) is 15.0 Å². The zero-order chi connectivity index (χ0) is 20.7. The van der Waals surface area contributed by atoms with Crippen LogP contribution in [0.15, 0.2) is 35.4 Å². The van der Waals surface area contributed by atoms with Crippen molar-refractivity contribution in [3.63, 3.8) is 0 Å². The quantitative estimate of drug-likeness (QED) is 0.576. The molecule has 6 N–H and O–H groups in total. The smallest absolute Gasteiger partial charge is 0.271 e. The molecule has 0 saturated carbocycles. The summed E-state index contributed by atoms with van der Waals surface area (Å²) < 4.78 is 1.68. The lowest BCUT2D eigenvalue weighted by Crippen LogP contribution is -2.26. The SMILES string of the molecule is CCc1nc2cccc(Cl)c2c(=O)n1CCCN.NC(=O)c1nccnc1N. The monoisotopic (exact) mass is 403 g/mol. The Balaban J connectivity index is 0.000000237.